The number of thiocarbonyl (C=S) groups is 1. The minimum absolute atomic E-state index is 0.217. The Hall–Kier alpha value is -3.96. The quantitative estimate of drug-likeness (QED) is 0.303. The molecular formula is C28H30N6O3S2. The van der Waals surface area contributed by atoms with Crippen molar-refractivity contribution in [3.63, 3.8) is 0 Å². The van der Waals surface area contributed by atoms with Crippen molar-refractivity contribution in [2.24, 2.45) is 0 Å². The largest absolute Gasteiger partial charge is 0.494 e. The SMILES string of the molecule is COc1cc(N2C(=S)NC(c3ccccn3)C2c2cc(C)n(Cc3cccnc3)c2C)ccc1NS(C)(=O)=O. The Morgan fingerprint density at radius 3 is 2.59 bits per heavy atom. The van der Waals surface area contributed by atoms with E-state index >= 15 is 0 Å². The van der Waals surface area contributed by atoms with Gasteiger partial charge in [0.1, 0.15) is 5.75 Å². The van der Waals surface area contributed by atoms with Crippen molar-refractivity contribution in [1.29, 1.82) is 0 Å². The maximum Gasteiger partial charge on any atom is 0.229 e. The number of ether oxygens (including phenoxy) is 1. The van der Waals surface area contributed by atoms with Crippen LogP contribution in [0.5, 0.6) is 5.75 Å². The lowest BCUT2D eigenvalue weighted by Gasteiger charge is -2.29. The van der Waals surface area contributed by atoms with E-state index in [2.05, 4.69) is 55.5 Å². The van der Waals surface area contributed by atoms with Crippen LogP contribution >= 0.6 is 12.2 Å². The first-order valence-corrected chi connectivity index (χ1v) is 14.7. The fourth-order valence-corrected chi connectivity index (χ4v) is 6.02. The monoisotopic (exact) mass is 562 g/mol. The number of sulfonamides is 1. The highest BCUT2D eigenvalue weighted by Crippen LogP contribution is 2.44. The van der Waals surface area contributed by atoms with Crippen LogP contribution in [0, 0.1) is 13.8 Å². The number of aromatic nitrogens is 3. The third kappa shape index (κ3) is 5.45. The van der Waals surface area contributed by atoms with E-state index in [1.54, 1.807) is 24.5 Å². The van der Waals surface area contributed by atoms with E-state index in [0.717, 1.165) is 40.2 Å². The first-order chi connectivity index (χ1) is 18.7. The van der Waals surface area contributed by atoms with Gasteiger partial charge in [0.05, 0.1) is 36.8 Å². The zero-order valence-electron chi connectivity index (χ0n) is 22.1. The molecule has 39 heavy (non-hydrogen) atoms. The Morgan fingerprint density at radius 1 is 1.10 bits per heavy atom. The highest BCUT2D eigenvalue weighted by molar-refractivity contribution is 7.92. The lowest BCUT2D eigenvalue weighted by molar-refractivity contribution is 0.417. The number of methoxy groups -OCH3 is 1. The van der Waals surface area contributed by atoms with E-state index in [1.165, 1.54) is 7.11 Å². The second kappa shape index (κ2) is 10.7. The van der Waals surface area contributed by atoms with Crippen LogP contribution in [0.25, 0.3) is 0 Å². The predicted molar refractivity (Wildman–Crippen MR) is 157 cm³/mol. The molecule has 4 aromatic rings. The molecule has 2 unspecified atom stereocenters. The molecule has 2 atom stereocenters. The van der Waals surface area contributed by atoms with Gasteiger partial charge in [-0.15, -0.1) is 0 Å². The van der Waals surface area contributed by atoms with Gasteiger partial charge in [0.15, 0.2) is 5.11 Å². The first-order valence-electron chi connectivity index (χ1n) is 12.4. The minimum Gasteiger partial charge on any atom is -0.494 e. The summed E-state index contributed by atoms with van der Waals surface area (Å²) < 4.78 is 34.1. The molecule has 0 spiro atoms. The van der Waals surface area contributed by atoms with Crippen LogP contribution in [0.2, 0.25) is 0 Å². The number of aryl methyl sites for hydroxylation is 1. The van der Waals surface area contributed by atoms with Crippen molar-refractivity contribution in [3.8, 4) is 5.75 Å². The molecule has 2 N–H and O–H groups in total. The molecule has 1 fully saturated rings. The van der Waals surface area contributed by atoms with Gasteiger partial charge in [-0.1, -0.05) is 12.1 Å². The molecule has 0 radical (unpaired) electrons. The van der Waals surface area contributed by atoms with Crippen LogP contribution in [0.3, 0.4) is 0 Å². The summed E-state index contributed by atoms with van der Waals surface area (Å²) in [6, 6.07) is 16.9. The third-order valence-corrected chi connectivity index (χ3v) is 7.76. The molecule has 0 saturated carbocycles. The molecule has 1 saturated heterocycles. The predicted octanol–water partition coefficient (Wildman–Crippen LogP) is 4.50. The number of hydrogen-bond donors (Lipinski definition) is 2. The summed E-state index contributed by atoms with van der Waals surface area (Å²) in [4.78, 5) is 11.0. The molecule has 3 aromatic heterocycles. The fraction of sp³-hybridized carbons (Fsp3) is 0.250. The first kappa shape index (κ1) is 26.6. The Labute approximate surface area is 233 Å². The van der Waals surface area contributed by atoms with Crippen LogP contribution in [-0.4, -0.2) is 41.4 Å². The van der Waals surface area contributed by atoms with E-state index in [9.17, 15) is 8.42 Å². The van der Waals surface area contributed by atoms with Crippen molar-refractivity contribution in [2.75, 3.05) is 23.0 Å². The van der Waals surface area contributed by atoms with Crippen molar-refractivity contribution < 1.29 is 13.2 Å². The second-order valence-corrected chi connectivity index (χ2v) is 11.7. The molecule has 5 rings (SSSR count). The van der Waals surface area contributed by atoms with Gasteiger partial charge < -0.3 is 19.5 Å². The van der Waals surface area contributed by atoms with Gasteiger partial charge >= 0.3 is 0 Å². The van der Waals surface area contributed by atoms with Gasteiger partial charge in [-0.05, 0) is 73.6 Å². The van der Waals surface area contributed by atoms with Crippen LogP contribution in [-0.2, 0) is 16.6 Å². The Bertz CT molecular complexity index is 1610. The molecular weight excluding hydrogens is 532 g/mol. The molecule has 0 amide bonds. The molecule has 4 heterocycles. The van der Waals surface area contributed by atoms with E-state index in [1.807, 2.05) is 36.5 Å². The molecule has 1 aliphatic rings. The van der Waals surface area contributed by atoms with Crippen molar-refractivity contribution in [2.45, 2.75) is 32.5 Å². The third-order valence-electron chi connectivity index (χ3n) is 6.85. The molecule has 0 aliphatic carbocycles. The van der Waals surface area contributed by atoms with Gasteiger partial charge in [-0.3, -0.25) is 14.7 Å². The number of pyridine rings is 2. The Balaban J connectivity index is 1.62. The van der Waals surface area contributed by atoms with Gasteiger partial charge in [-0.2, -0.15) is 0 Å². The highest BCUT2D eigenvalue weighted by atomic mass is 32.2. The topological polar surface area (TPSA) is 101 Å². The molecule has 11 heteroatoms. The van der Waals surface area contributed by atoms with Gasteiger partial charge in [0, 0.05) is 48.3 Å². The minimum atomic E-state index is -3.48. The molecule has 9 nitrogen and oxygen atoms in total. The number of nitrogens with zero attached hydrogens (tertiary/aromatic N) is 4. The summed E-state index contributed by atoms with van der Waals surface area (Å²) in [5.74, 6) is 0.391. The van der Waals surface area contributed by atoms with Crippen LogP contribution < -0.4 is 19.7 Å². The summed E-state index contributed by atoms with van der Waals surface area (Å²) in [6.45, 7) is 4.92. The summed E-state index contributed by atoms with van der Waals surface area (Å²) in [7, 11) is -1.97. The maximum absolute atomic E-state index is 11.9. The van der Waals surface area contributed by atoms with Crippen molar-refractivity contribution in [3.05, 3.63) is 101 Å². The van der Waals surface area contributed by atoms with E-state index in [4.69, 9.17) is 17.0 Å². The lowest BCUT2D eigenvalue weighted by atomic mass is 9.96. The average molecular weight is 563 g/mol. The number of rotatable bonds is 8. The number of anilines is 2. The fourth-order valence-electron chi connectivity index (χ4n) is 5.11. The molecule has 1 aliphatic heterocycles. The van der Waals surface area contributed by atoms with Gasteiger partial charge in [0.25, 0.3) is 0 Å². The Kier molecular flexibility index (Phi) is 7.28. The van der Waals surface area contributed by atoms with E-state index in [0.29, 0.717) is 23.1 Å². The van der Waals surface area contributed by atoms with Crippen LogP contribution in [0.15, 0.2) is 73.2 Å². The molecule has 0 bridgehead atoms. The standard InChI is InChI=1S/C28H30N6O3S2/c1-18-14-22(19(2)33(18)17-20-8-7-12-29-16-20)27-26(24-9-5-6-13-30-24)31-28(38)34(27)21-10-11-23(25(15-21)37-3)32-39(4,35)36/h5-16,26-27,32H,17H2,1-4H3,(H,31,38). The second-order valence-electron chi connectivity index (χ2n) is 9.53. The highest BCUT2D eigenvalue weighted by Gasteiger charge is 2.42. The van der Waals surface area contributed by atoms with Crippen molar-refractivity contribution >= 4 is 38.7 Å². The van der Waals surface area contributed by atoms with Crippen LogP contribution in [0.1, 0.15) is 40.3 Å². The average Bonchev–Trinajstić information content (AvgIpc) is 3.40. The van der Waals surface area contributed by atoms with Gasteiger partial charge in [0.2, 0.25) is 10.0 Å². The number of nitrogens with one attached hydrogen (secondary N) is 2. The summed E-state index contributed by atoms with van der Waals surface area (Å²) in [5, 5.41) is 4.03. The molecule has 202 valence electrons. The lowest BCUT2D eigenvalue weighted by Crippen LogP contribution is -2.29. The van der Waals surface area contributed by atoms with E-state index in [-0.39, 0.29) is 12.1 Å². The summed E-state index contributed by atoms with van der Waals surface area (Å²) in [6.07, 6.45) is 6.54. The van der Waals surface area contributed by atoms with E-state index < -0.39 is 10.0 Å². The zero-order chi connectivity index (χ0) is 27.7. The zero-order valence-corrected chi connectivity index (χ0v) is 23.8. The number of benzene rings is 1. The van der Waals surface area contributed by atoms with Crippen LogP contribution in [0.4, 0.5) is 11.4 Å². The molecule has 1 aromatic carbocycles. The summed E-state index contributed by atoms with van der Waals surface area (Å²) >= 11 is 5.88. The smallest absolute Gasteiger partial charge is 0.229 e. The maximum atomic E-state index is 11.9. The van der Waals surface area contributed by atoms with Gasteiger partial charge in [-0.25, -0.2) is 8.42 Å². The van der Waals surface area contributed by atoms with Crippen molar-refractivity contribution in [1.82, 2.24) is 19.9 Å². The number of hydrogen-bond acceptors (Lipinski definition) is 6. The normalized spacial score (nSPS) is 17.2. The Morgan fingerprint density at radius 2 is 1.92 bits per heavy atom. The summed E-state index contributed by atoms with van der Waals surface area (Å²) in [5.41, 5.74) is 6.44.